The van der Waals surface area contributed by atoms with Crippen molar-refractivity contribution in [1.82, 2.24) is 0 Å². The Hall–Kier alpha value is -2.50. The molecule has 3 rings (SSSR count). The van der Waals surface area contributed by atoms with Gasteiger partial charge in [0.25, 0.3) is 5.91 Å². The zero-order chi connectivity index (χ0) is 15.0. The summed E-state index contributed by atoms with van der Waals surface area (Å²) in [6.07, 6.45) is 0.884. The largest absolute Gasteiger partial charge is 0.384 e. The molecular formula is C15H11F3N2O. The van der Waals surface area contributed by atoms with Gasteiger partial charge < -0.3 is 10.6 Å². The van der Waals surface area contributed by atoms with E-state index in [-0.39, 0.29) is 0 Å². The van der Waals surface area contributed by atoms with Crippen LogP contribution in [-0.4, -0.2) is 12.5 Å². The van der Waals surface area contributed by atoms with Crippen LogP contribution in [0, 0.1) is 17.5 Å². The molecule has 1 aliphatic heterocycles. The summed E-state index contributed by atoms with van der Waals surface area (Å²) < 4.78 is 39.4. The molecule has 0 aromatic heterocycles. The highest BCUT2D eigenvalue weighted by atomic mass is 19.2. The molecule has 0 bridgehead atoms. The van der Waals surface area contributed by atoms with Gasteiger partial charge in [0, 0.05) is 29.9 Å². The van der Waals surface area contributed by atoms with E-state index in [9.17, 15) is 18.0 Å². The normalized spacial score (nSPS) is 12.7. The Morgan fingerprint density at radius 1 is 1.05 bits per heavy atom. The highest BCUT2D eigenvalue weighted by Crippen LogP contribution is 2.24. The first-order valence-corrected chi connectivity index (χ1v) is 6.37. The number of carbonyl (C=O) groups is 1. The van der Waals surface area contributed by atoms with Gasteiger partial charge in [-0.15, -0.1) is 0 Å². The third-order valence-corrected chi connectivity index (χ3v) is 3.34. The molecule has 3 nitrogen and oxygen atoms in total. The summed E-state index contributed by atoms with van der Waals surface area (Å²) >= 11 is 0. The fourth-order valence-electron chi connectivity index (χ4n) is 2.24. The first-order valence-electron chi connectivity index (χ1n) is 6.37. The van der Waals surface area contributed by atoms with Crippen molar-refractivity contribution < 1.29 is 18.0 Å². The van der Waals surface area contributed by atoms with E-state index >= 15 is 0 Å². The maximum Gasteiger partial charge on any atom is 0.255 e. The van der Waals surface area contributed by atoms with E-state index < -0.39 is 29.0 Å². The summed E-state index contributed by atoms with van der Waals surface area (Å²) in [6.45, 7) is 0.804. The monoisotopic (exact) mass is 292 g/mol. The second kappa shape index (κ2) is 5.12. The van der Waals surface area contributed by atoms with Gasteiger partial charge in [-0.2, -0.15) is 0 Å². The Kier molecular flexibility index (Phi) is 3.29. The minimum absolute atomic E-state index is 0.312. The van der Waals surface area contributed by atoms with E-state index in [1.807, 2.05) is 6.07 Å². The van der Waals surface area contributed by atoms with E-state index in [1.54, 1.807) is 12.1 Å². The molecule has 6 heteroatoms. The third kappa shape index (κ3) is 2.56. The Labute approximate surface area is 118 Å². The van der Waals surface area contributed by atoms with E-state index in [2.05, 4.69) is 10.6 Å². The lowest BCUT2D eigenvalue weighted by molar-refractivity contribution is 0.102. The topological polar surface area (TPSA) is 41.1 Å². The lowest BCUT2D eigenvalue weighted by Crippen LogP contribution is -2.13. The van der Waals surface area contributed by atoms with Crippen molar-refractivity contribution >= 4 is 17.3 Å². The summed E-state index contributed by atoms with van der Waals surface area (Å²) in [5.41, 5.74) is 1.87. The predicted octanol–water partition coefficient (Wildman–Crippen LogP) is 3.32. The zero-order valence-electron chi connectivity index (χ0n) is 10.8. The van der Waals surface area contributed by atoms with Crippen molar-refractivity contribution in [2.45, 2.75) is 6.42 Å². The number of carbonyl (C=O) groups excluding carboxylic acids is 1. The van der Waals surface area contributed by atoms with Gasteiger partial charge in [-0.25, -0.2) is 13.2 Å². The average Bonchev–Trinajstić information content (AvgIpc) is 2.92. The van der Waals surface area contributed by atoms with Crippen molar-refractivity contribution in [2.24, 2.45) is 0 Å². The number of hydrogen-bond donors (Lipinski definition) is 2. The minimum atomic E-state index is -1.30. The number of benzene rings is 2. The van der Waals surface area contributed by atoms with E-state index in [0.29, 0.717) is 17.7 Å². The van der Waals surface area contributed by atoms with Crippen LogP contribution in [0.5, 0.6) is 0 Å². The van der Waals surface area contributed by atoms with Crippen LogP contribution >= 0.6 is 0 Å². The van der Waals surface area contributed by atoms with Gasteiger partial charge in [0.2, 0.25) is 0 Å². The molecule has 0 saturated heterocycles. The number of halogens is 3. The van der Waals surface area contributed by atoms with Crippen LogP contribution in [0.15, 0.2) is 30.3 Å². The van der Waals surface area contributed by atoms with Crippen LogP contribution in [0.4, 0.5) is 24.5 Å². The van der Waals surface area contributed by atoms with Gasteiger partial charge in [-0.1, -0.05) is 6.07 Å². The Bertz CT molecular complexity index is 731. The molecule has 2 aromatic rings. The zero-order valence-corrected chi connectivity index (χ0v) is 10.8. The number of nitrogens with one attached hydrogen (secondary N) is 2. The lowest BCUT2D eigenvalue weighted by atomic mass is 10.1. The highest BCUT2D eigenvalue weighted by molar-refractivity contribution is 6.05. The quantitative estimate of drug-likeness (QED) is 0.834. The molecule has 1 aliphatic rings. The molecule has 21 heavy (non-hydrogen) atoms. The third-order valence-electron chi connectivity index (χ3n) is 3.34. The van der Waals surface area contributed by atoms with Crippen molar-refractivity contribution in [1.29, 1.82) is 0 Å². The molecular weight excluding hydrogens is 281 g/mol. The second-order valence-electron chi connectivity index (χ2n) is 4.75. The van der Waals surface area contributed by atoms with Crippen LogP contribution < -0.4 is 10.6 Å². The van der Waals surface area contributed by atoms with Gasteiger partial charge in [0.1, 0.15) is 5.82 Å². The summed E-state index contributed by atoms with van der Waals surface area (Å²) in [5.74, 6) is -4.13. The van der Waals surface area contributed by atoms with Crippen LogP contribution in [0.25, 0.3) is 0 Å². The minimum Gasteiger partial charge on any atom is -0.384 e. The number of anilines is 2. The van der Waals surface area contributed by atoms with E-state index in [1.165, 1.54) is 0 Å². The molecule has 0 aliphatic carbocycles. The molecule has 0 saturated carbocycles. The van der Waals surface area contributed by atoms with Gasteiger partial charge in [-0.05, 0) is 24.1 Å². The van der Waals surface area contributed by atoms with E-state index in [4.69, 9.17) is 0 Å². The Morgan fingerprint density at radius 3 is 2.62 bits per heavy atom. The summed E-state index contributed by atoms with van der Waals surface area (Å²) in [5, 5.41) is 5.36. The molecule has 0 spiro atoms. The molecule has 108 valence electrons. The van der Waals surface area contributed by atoms with Crippen molar-refractivity contribution in [3.8, 4) is 0 Å². The number of hydrogen-bond acceptors (Lipinski definition) is 2. The molecule has 1 amide bonds. The maximum absolute atomic E-state index is 13.5. The number of amides is 1. The molecule has 2 N–H and O–H groups in total. The van der Waals surface area contributed by atoms with Crippen molar-refractivity contribution in [2.75, 3.05) is 17.2 Å². The maximum atomic E-state index is 13.5. The molecule has 0 fully saturated rings. The summed E-state index contributed by atoms with van der Waals surface area (Å²) in [7, 11) is 0. The van der Waals surface area contributed by atoms with Crippen LogP contribution in [-0.2, 0) is 6.42 Å². The van der Waals surface area contributed by atoms with Gasteiger partial charge >= 0.3 is 0 Å². The molecule has 2 aromatic carbocycles. The van der Waals surface area contributed by atoms with Gasteiger partial charge in [0.05, 0.1) is 5.69 Å². The van der Waals surface area contributed by atoms with E-state index in [0.717, 1.165) is 24.2 Å². The van der Waals surface area contributed by atoms with Crippen LogP contribution in [0.2, 0.25) is 0 Å². The fourth-order valence-corrected chi connectivity index (χ4v) is 2.24. The molecule has 0 radical (unpaired) electrons. The summed E-state index contributed by atoms with van der Waals surface area (Å²) in [4.78, 5) is 12.0. The second-order valence-corrected chi connectivity index (χ2v) is 4.75. The van der Waals surface area contributed by atoms with Crippen molar-refractivity contribution in [3.63, 3.8) is 0 Å². The SMILES string of the molecule is O=C(Nc1cc(F)c(F)cc1F)c1ccc2c(c1)NCC2. The van der Waals surface area contributed by atoms with Crippen molar-refractivity contribution in [3.05, 3.63) is 58.9 Å². The smallest absolute Gasteiger partial charge is 0.255 e. The number of fused-ring (bicyclic) bond motifs is 1. The lowest BCUT2D eigenvalue weighted by Gasteiger charge is -2.08. The summed E-state index contributed by atoms with van der Waals surface area (Å²) in [6, 6.07) is 6.09. The average molecular weight is 292 g/mol. The standard InChI is InChI=1S/C15H11F3N2O/c16-10-6-12(18)14(7-11(10)17)20-15(21)9-2-1-8-3-4-19-13(8)5-9/h1-2,5-7,19H,3-4H2,(H,20,21). The Morgan fingerprint density at radius 2 is 1.81 bits per heavy atom. The molecule has 0 atom stereocenters. The Balaban J connectivity index is 1.85. The molecule has 1 heterocycles. The van der Waals surface area contributed by atoms with Crippen LogP contribution in [0.1, 0.15) is 15.9 Å². The van der Waals surface area contributed by atoms with Gasteiger partial charge in [0.15, 0.2) is 11.6 Å². The molecule has 0 unspecified atom stereocenters. The van der Waals surface area contributed by atoms with Crippen LogP contribution in [0.3, 0.4) is 0 Å². The fraction of sp³-hybridized carbons (Fsp3) is 0.133. The van der Waals surface area contributed by atoms with Gasteiger partial charge in [-0.3, -0.25) is 4.79 Å². The highest BCUT2D eigenvalue weighted by Gasteiger charge is 2.16. The number of rotatable bonds is 2. The first-order chi connectivity index (χ1) is 10.0. The first kappa shape index (κ1) is 13.5. The predicted molar refractivity (Wildman–Crippen MR) is 72.9 cm³/mol.